The van der Waals surface area contributed by atoms with Crippen LogP contribution in [-0.4, -0.2) is 17.1 Å². The Balaban J connectivity index is 2.34. The largest absolute Gasteiger partial charge is 0.493 e. The maximum Gasteiger partial charge on any atom is 0.247 e. The molecule has 0 bridgehead atoms. The van der Waals surface area contributed by atoms with Gasteiger partial charge in [0.05, 0.1) is 13.3 Å². The van der Waals surface area contributed by atoms with Crippen molar-refractivity contribution < 1.29 is 9.47 Å². The van der Waals surface area contributed by atoms with Crippen molar-refractivity contribution in [2.75, 3.05) is 12.8 Å². The van der Waals surface area contributed by atoms with Gasteiger partial charge in [0.1, 0.15) is 5.69 Å². The van der Waals surface area contributed by atoms with E-state index in [0.717, 1.165) is 0 Å². The molecule has 0 saturated heterocycles. The van der Waals surface area contributed by atoms with E-state index in [1.165, 1.54) is 6.20 Å². The molecule has 0 unspecified atom stereocenters. The van der Waals surface area contributed by atoms with E-state index in [1.807, 2.05) is 12.1 Å². The van der Waals surface area contributed by atoms with Crippen molar-refractivity contribution in [3.8, 4) is 17.4 Å². The van der Waals surface area contributed by atoms with E-state index in [1.54, 1.807) is 19.2 Å². The number of nitrogen functional groups attached to an aromatic ring is 1. The first-order valence-electron chi connectivity index (χ1n) is 4.79. The molecule has 1 aromatic heterocycles. The Hall–Kier alpha value is -2.01. The lowest BCUT2D eigenvalue weighted by Gasteiger charge is -2.10. The topological polar surface area (TPSA) is 70.3 Å². The molecule has 0 spiro atoms. The van der Waals surface area contributed by atoms with E-state index in [0.29, 0.717) is 17.2 Å². The molecule has 2 N–H and O–H groups in total. The molecule has 17 heavy (non-hydrogen) atoms. The standard InChI is InChI=1S/C11H10ClN3O2/c1-16-8-4-2-3-5-9(8)17-10-7(13)6-14-11(12)15-10/h2-6H,13H2,1H3. The summed E-state index contributed by atoms with van der Waals surface area (Å²) in [7, 11) is 1.55. The predicted octanol–water partition coefficient (Wildman–Crippen LogP) is 2.51. The number of halogens is 1. The molecular formula is C11H10ClN3O2. The average Bonchev–Trinajstić information content (AvgIpc) is 2.34. The maximum atomic E-state index is 5.68. The first-order chi connectivity index (χ1) is 8.20. The van der Waals surface area contributed by atoms with Gasteiger partial charge in [0.25, 0.3) is 0 Å². The number of aromatic nitrogens is 2. The SMILES string of the molecule is COc1ccccc1Oc1nc(Cl)ncc1N. The number of rotatable bonds is 3. The van der Waals surface area contributed by atoms with E-state index in [-0.39, 0.29) is 11.2 Å². The second kappa shape index (κ2) is 4.88. The van der Waals surface area contributed by atoms with Crippen LogP contribution in [0.3, 0.4) is 0 Å². The van der Waals surface area contributed by atoms with E-state index >= 15 is 0 Å². The van der Waals surface area contributed by atoms with Crippen LogP contribution >= 0.6 is 11.6 Å². The van der Waals surface area contributed by atoms with Gasteiger partial charge in [-0.05, 0) is 23.7 Å². The molecule has 5 nitrogen and oxygen atoms in total. The minimum absolute atomic E-state index is 0.0732. The van der Waals surface area contributed by atoms with Gasteiger partial charge in [-0.15, -0.1) is 0 Å². The van der Waals surface area contributed by atoms with Crippen LogP contribution in [0.2, 0.25) is 5.28 Å². The molecular weight excluding hydrogens is 242 g/mol. The molecule has 1 heterocycles. The summed E-state index contributed by atoms with van der Waals surface area (Å²) < 4.78 is 10.7. The molecule has 0 atom stereocenters. The third kappa shape index (κ3) is 2.57. The fraction of sp³-hybridized carbons (Fsp3) is 0.0909. The second-order valence-electron chi connectivity index (χ2n) is 3.15. The summed E-state index contributed by atoms with van der Waals surface area (Å²) in [6.45, 7) is 0. The number of anilines is 1. The first kappa shape index (κ1) is 11.5. The van der Waals surface area contributed by atoms with Crippen LogP contribution in [0.4, 0.5) is 5.69 Å². The quantitative estimate of drug-likeness (QED) is 0.849. The van der Waals surface area contributed by atoms with Crippen LogP contribution in [-0.2, 0) is 0 Å². The van der Waals surface area contributed by atoms with Crippen molar-refractivity contribution in [3.05, 3.63) is 35.7 Å². The summed E-state index contributed by atoms with van der Waals surface area (Å²) >= 11 is 5.67. The molecule has 0 aliphatic heterocycles. The lowest BCUT2D eigenvalue weighted by atomic mass is 10.3. The highest BCUT2D eigenvalue weighted by molar-refractivity contribution is 6.28. The number of para-hydroxylation sites is 2. The molecule has 6 heteroatoms. The van der Waals surface area contributed by atoms with E-state index in [4.69, 9.17) is 26.8 Å². The van der Waals surface area contributed by atoms with Gasteiger partial charge >= 0.3 is 0 Å². The third-order valence-corrected chi connectivity index (χ3v) is 2.21. The van der Waals surface area contributed by atoms with Crippen molar-refractivity contribution in [3.63, 3.8) is 0 Å². The zero-order valence-corrected chi connectivity index (χ0v) is 9.81. The molecule has 1 aromatic carbocycles. The van der Waals surface area contributed by atoms with Crippen LogP contribution < -0.4 is 15.2 Å². The van der Waals surface area contributed by atoms with Crippen LogP contribution in [0.25, 0.3) is 0 Å². The minimum atomic E-state index is 0.0732. The lowest BCUT2D eigenvalue weighted by molar-refractivity contribution is 0.374. The first-order valence-corrected chi connectivity index (χ1v) is 5.17. The number of ether oxygens (including phenoxy) is 2. The van der Waals surface area contributed by atoms with Crippen LogP contribution in [0, 0.1) is 0 Å². The zero-order valence-electron chi connectivity index (χ0n) is 9.05. The summed E-state index contributed by atoms with van der Waals surface area (Å²) in [5, 5.41) is 0.0732. The molecule has 0 fully saturated rings. The van der Waals surface area contributed by atoms with Gasteiger partial charge in [-0.3, -0.25) is 0 Å². The van der Waals surface area contributed by atoms with E-state index in [2.05, 4.69) is 9.97 Å². The normalized spacial score (nSPS) is 10.0. The number of hydrogen-bond acceptors (Lipinski definition) is 5. The number of benzene rings is 1. The molecule has 0 aliphatic rings. The minimum Gasteiger partial charge on any atom is -0.493 e. The van der Waals surface area contributed by atoms with Gasteiger partial charge in [0.15, 0.2) is 11.5 Å². The summed E-state index contributed by atoms with van der Waals surface area (Å²) in [5.74, 6) is 1.30. The Morgan fingerprint density at radius 1 is 1.24 bits per heavy atom. The average molecular weight is 252 g/mol. The Labute approximate surface area is 103 Å². The molecule has 2 rings (SSSR count). The van der Waals surface area contributed by atoms with Crippen LogP contribution in [0.5, 0.6) is 17.4 Å². The Morgan fingerprint density at radius 3 is 2.65 bits per heavy atom. The number of nitrogens with two attached hydrogens (primary N) is 1. The molecule has 0 aliphatic carbocycles. The van der Waals surface area contributed by atoms with Gasteiger partial charge in [0.2, 0.25) is 11.2 Å². The molecule has 2 aromatic rings. The van der Waals surface area contributed by atoms with Gasteiger partial charge < -0.3 is 15.2 Å². The number of hydrogen-bond donors (Lipinski definition) is 1. The van der Waals surface area contributed by atoms with Gasteiger partial charge in [-0.1, -0.05) is 12.1 Å². The van der Waals surface area contributed by atoms with Crippen LogP contribution in [0.1, 0.15) is 0 Å². The Morgan fingerprint density at radius 2 is 1.94 bits per heavy atom. The summed E-state index contributed by atoms with van der Waals surface area (Å²) in [6.07, 6.45) is 1.39. The van der Waals surface area contributed by atoms with Crippen molar-refractivity contribution in [1.29, 1.82) is 0 Å². The number of methoxy groups -OCH3 is 1. The highest BCUT2D eigenvalue weighted by Crippen LogP contribution is 2.32. The fourth-order valence-corrected chi connectivity index (χ4v) is 1.37. The van der Waals surface area contributed by atoms with E-state index in [9.17, 15) is 0 Å². The van der Waals surface area contributed by atoms with Gasteiger partial charge in [-0.2, -0.15) is 4.98 Å². The highest BCUT2D eigenvalue weighted by Gasteiger charge is 2.09. The van der Waals surface area contributed by atoms with Crippen molar-refractivity contribution in [1.82, 2.24) is 9.97 Å². The Kier molecular flexibility index (Phi) is 3.30. The fourth-order valence-electron chi connectivity index (χ4n) is 1.24. The number of nitrogens with zero attached hydrogens (tertiary/aromatic N) is 2. The monoisotopic (exact) mass is 251 g/mol. The van der Waals surface area contributed by atoms with E-state index < -0.39 is 0 Å². The zero-order chi connectivity index (χ0) is 12.3. The summed E-state index contributed by atoms with van der Waals surface area (Å²) in [5.41, 5.74) is 5.99. The summed E-state index contributed by atoms with van der Waals surface area (Å²) in [4.78, 5) is 7.64. The van der Waals surface area contributed by atoms with Crippen molar-refractivity contribution in [2.45, 2.75) is 0 Å². The molecule has 0 amide bonds. The highest BCUT2D eigenvalue weighted by atomic mass is 35.5. The molecule has 0 radical (unpaired) electrons. The molecule has 0 saturated carbocycles. The Bertz CT molecular complexity index is 534. The smallest absolute Gasteiger partial charge is 0.247 e. The van der Waals surface area contributed by atoms with Crippen LogP contribution in [0.15, 0.2) is 30.5 Å². The summed E-state index contributed by atoms with van der Waals surface area (Å²) in [6, 6.07) is 7.17. The maximum absolute atomic E-state index is 5.68. The van der Waals surface area contributed by atoms with Gasteiger partial charge in [0, 0.05) is 0 Å². The third-order valence-electron chi connectivity index (χ3n) is 2.03. The molecule has 88 valence electrons. The van der Waals surface area contributed by atoms with Crippen molar-refractivity contribution >= 4 is 17.3 Å². The van der Waals surface area contributed by atoms with Crippen molar-refractivity contribution in [2.24, 2.45) is 0 Å². The predicted molar refractivity (Wildman–Crippen MR) is 64.5 cm³/mol. The lowest BCUT2D eigenvalue weighted by Crippen LogP contribution is -1.98. The second-order valence-corrected chi connectivity index (χ2v) is 3.49. The van der Waals surface area contributed by atoms with Gasteiger partial charge in [-0.25, -0.2) is 4.98 Å².